The van der Waals surface area contributed by atoms with E-state index in [2.05, 4.69) is 4.90 Å². The van der Waals surface area contributed by atoms with Gasteiger partial charge in [0.05, 0.1) is 12.7 Å². The van der Waals surface area contributed by atoms with Crippen LogP contribution in [0, 0.1) is 12.7 Å². The van der Waals surface area contributed by atoms with Crippen molar-refractivity contribution in [1.29, 1.82) is 0 Å². The molecule has 3 aromatic rings. The molecule has 1 fully saturated rings. The number of carbonyl (C=O) groups excluding carboxylic acids is 1. The predicted octanol–water partition coefficient (Wildman–Crippen LogP) is 3.77. The molecular formula is C21H21FN2O2. The summed E-state index contributed by atoms with van der Waals surface area (Å²) in [5.74, 6) is -0.114. The Morgan fingerprint density at radius 1 is 1.08 bits per heavy atom. The van der Waals surface area contributed by atoms with Gasteiger partial charge in [-0.3, -0.25) is 4.79 Å². The Bertz CT molecular complexity index is 925. The van der Waals surface area contributed by atoms with Gasteiger partial charge in [-0.25, -0.2) is 4.39 Å². The van der Waals surface area contributed by atoms with E-state index >= 15 is 0 Å². The lowest BCUT2D eigenvalue weighted by Crippen LogP contribution is -2.49. The van der Waals surface area contributed by atoms with Gasteiger partial charge in [-0.2, -0.15) is 0 Å². The van der Waals surface area contributed by atoms with Gasteiger partial charge in [0.25, 0.3) is 0 Å². The van der Waals surface area contributed by atoms with Crippen LogP contribution in [-0.2, 0) is 11.2 Å². The third-order valence-corrected chi connectivity index (χ3v) is 4.98. The predicted molar refractivity (Wildman–Crippen MR) is 99.8 cm³/mol. The molecule has 0 N–H and O–H groups in total. The fourth-order valence-electron chi connectivity index (χ4n) is 3.47. The minimum atomic E-state index is -0.231. The number of nitrogens with zero attached hydrogens (tertiary/aromatic N) is 2. The summed E-state index contributed by atoms with van der Waals surface area (Å²) in [7, 11) is 0. The molecule has 1 aliphatic heterocycles. The van der Waals surface area contributed by atoms with E-state index in [-0.39, 0.29) is 11.7 Å². The second kappa shape index (κ2) is 6.83. The smallest absolute Gasteiger partial charge is 0.227 e. The molecule has 0 spiro atoms. The Hall–Kier alpha value is -2.82. The van der Waals surface area contributed by atoms with Crippen molar-refractivity contribution in [3.8, 4) is 0 Å². The molecule has 0 atom stereocenters. The Kier molecular flexibility index (Phi) is 4.37. The van der Waals surface area contributed by atoms with Crippen molar-refractivity contribution in [3.63, 3.8) is 0 Å². The number of hydrogen-bond donors (Lipinski definition) is 0. The third kappa shape index (κ3) is 3.29. The molecule has 2 aromatic carbocycles. The van der Waals surface area contributed by atoms with E-state index in [1.165, 1.54) is 12.1 Å². The Labute approximate surface area is 151 Å². The number of piperazine rings is 1. The lowest BCUT2D eigenvalue weighted by molar-refractivity contribution is -0.130. The fourth-order valence-corrected chi connectivity index (χ4v) is 3.47. The highest BCUT2D eigenvalue weighted by molar-refractivity contribution is 5.88. The molecule has 0 bridgehead atoms. The first-order valence-corrected chi connectivity index (χ1v) is 8.85. The van der Waals surface area contributed by atoms with E-state index in [0.717, 1.165) is 40.9 Å². The molecule has 2 heterocycles. The molecule has 5 heteroatoms. The second-order valence-corrected chi connectivity index (χ2v) is 6.78. The Balaban J connectivity index is 1.39. The van der Waals surface area contributed by atoms with Crippen LogP contribution in [0.2, 0.25) is 0 Å². The molecule has 4 rings (SSSR count). The largest absolute Gasteiger partial charge is 0.464 e. The van der Waals surface area contributed by atoms with Gasteiger partial charge in [0, 0.05) is 42.8 Å². The molecule has 1 saturated heterocycles. The summed E-state index contributed by atoms with van der Waals surface area (Å²) in [6.07, 6.45) is 2.05. The molecular weight excluding hydrogens is 331 g/mol. The number of rotatable bonds is 3. The van der Waals surface area contributed by atoms with Gasteiger partial charge < -0.3 is 14.2 Å². The molecule has 0 aliphatic carbocycles. The average Bonchev–Trinajstić information content (AvgIpc) is 3.04. The zero-order valence-electron chi connectivity index (χ0n) is 14.7. The normalized spacial score (nSPS) is 14.8. The summed E-state index contributed by atoms with van der Waals surface area (Å²) < 4.78 is 18.6. The van der Waals surface area contributed by atoms with Crippen LogP contribution in [-0.4, -0.2) is 37.0 Å². The lowest BCUT2D eigenvalue weighted by atomic mass is 10.1. The van der Waals surface area contributed by atoms with Crippen molar-refractivity contribution in [2.24, 2.45) is 0 Å². The summed E-state index contributed by atoms with van der Waals surface area (Å²) in [6.45, 7) is 4.87. The van der Waals surface area contributed by atoms with Crippen LogP contribution in [0.25, 0.3) is 11.0 Å². The van der Waals surface area contributed by atoms with E-state index in [4.69, 9.17) is 4.42 Å². The summed E-state index contributed by atoms with van der Waals surface area (Å²) in [5.41, 5.74) is 3.90. The maximum absolute atomic E-state index is 13.1. The number of fused-ring (bicyclic) bond motifs is 1. The molecule has 0 unspecified atom stereocenters. The quantitative estimate of drug-likeness (QED) is 0.720. The maximum atomic E-state index is 13.1. The molecule has 26 heavy (non-hydrogen) atoms. The van der Waals surface area contributed by atoms with Gasteiger partial charge in [-0.05, 0) is 42.8 Å². The highest BCUT2D eigenvalue weighted by Gasteiger charge is 2.22. The van der Waals surface area contributed by atoms with E-state index in [1.54, 1.807) is 18.4 Å². The monoisotopic (exact) mass is 352 g/mol. The molecule has 0 radical (unpaired) electrons. The first-order valence-electron chi connectivity index (χ1n) is 8.85. The van der Waals surface area contributed by atoms with E-state index in [9.17, 15) is 9.18 Å². The van der Waals surface area contributed by atoms with Crippen LogP contribution in [0.15, 0.2) is 53.1 Å². The number of anilines is 1. The molecule has 1 aromatic heterocycles. The number of halogens is 1. The van der Waals surface area contributed by atoms with Gasteiger partial charge in [-0.1, -0.05) is 12.1 Å². The minimum Gasteiger partial charge on any atom is -0.464 e. The number of hydrogen-bond acceptors (Lipinski definition) is 3. The van der Waals surface area contributed by atoms with Crippen molar-refractivity contribution in [2.75, 3.05) is 31.1 Å². The SMILES string of the molecule is Cc1ccc2c(CC(=O)N3CCN(c4ccc(F)cc4)CC3)coc2c1. The topological polar surface area (TPSA) is 36.7 Å². The summed E-state index contributed by atoms with van der Waals surface area (Å²) in [4.78, 5) is 16.8. The van der Waals surface area contributed by atoms with Gasteiger partial charge in [-0.15, -0.1) is 0 Å². The van der Waals surface area contributed by atoms with Crippen LogP contribution < -0.4 is 4.90 Å². The molecule has 1 aliphatic rings. The maximum Gasteiger partial charge on any atom is 0.227 e. The fraction of sp³-hybridized carbons (Fsp3) is 0.286. The van der Waals surface area contributed by atoms with Crippen molar-refractivity contribution in [1.82, 2.24) is 4.90 Å². The molecule has 0 saturated carbocycles. The van der Waals surface area contributed by atoms with E-state index in [1.807, 2.05) is 30.0 Å². The van der Waals surface area contributed by atoms with Crippen molar-refractivity contribution in [3.05, 3.63) is 65.7 Å². The van der Waals surface area contributed by atoms with Crippen LogP contribution >= 0.6 is 0 Å². The molecule has 1 amide bonds. The van der Waals surface area contributed by atoms with Crippen LogP contribution in [0.1, 0.15) is 11.1 Å². The number of benzene rings is 2. The summed E-state index contributed by atoms with van der Waals surface area (Å²) in [6, 6.07) is 12.6. The zero-order valence-corrected chi connectivity index (χ0v) is 14.7. The van der Waals surface area contributed by atoms with Gasteiger partial charge in [0.2, 0.25) is 5.91 Å². The van der Waals surface area contributed by atoms with Crippen molar-refractivity contribution >= 4 is 22.6 Å². The third-order valence-electron chi connectivity index (χ3n) is 4.98. The summed E-state index contributed by atoms with van der Waals surface area (Å²) >= 11 is 0. The highest BCUT2D eigenvalue weighted by Crippen LogP contribution is 2.24. The minimum absolute atomic E-state index is 0.118. The Morgan fingerprint density at radius 3 is 2.54 bits per heavy atom. The summed E-state index contributed by atoms with van der Waals surface area (Å²) in [5, 5.41) is 1.01. The number of amides is 1. The number of aryl methyl sites for hydroxylation is 1. The lowest BCUT2D eigenvalue weighted by Gasteiger charge is -2.36. The molecule has 4 nitrogen and oxygen atoms in total. The standard InChI is InChI=1S/C21H21FN2O2/c1-15-2-7-19-16(14-26-20(19)12-15)13-21(25)24-10-8-23(9-11-24)18-5-3-17(22)4-6-18/h2-7,12,14H,8-11,13H2,1H3. The van der Waals surface area contributed by atoms with Crippen LogP contribution in [0.4, 0.5) is 10.1 Å². The highest BCUT2D eigenvalue weighted by atomic mass is 19.1. The first kappa shape index (κ1) is 16.6. The van der Waals surface area contributed by atoms with E-state index in [0.29, 0.717) is 19.5 Å². The van der Waals surface area contributed by atoms with Crippen LogP contribution in [0.5, 0.6) is 0 Å². The average molecular weight is 352 g/mol. The van der Waals surface area contributed by atoms with Crippen molar-refractivity contribution < 1.29 is 13.6 Å². The van der Waals surface area contributed by atoms with Gasteiger partial charge in [0.15, 0.2) is 0 Å². The second-order valence-electron chi connectivity index (χ2n) is 6.78. The zero-order chi connectivity index (χ0) is 18.1. The Morgan fingerprint density at radius 2 is 1.81 bits per heavy atom. The van der Waals surface area contributed by atoms with Crippen molar-refractivity contribution in [2.45, 2.75) is 13.3 Å². The van der Waals surface area contributed by atoms with Gasteiger partial charge in [0.1, 0.15) is 11.4 Å². The number of furan rings is 1. The molecule has 134 valence electrons. The van der Waals surface area contributed by atoms with Crippen LogP contribution in [0.3, 0.4) is 0 Å². The first-order chi connectivity index (χ1) is 12.6. The van der Waals surface area contributed by atoms with Gasteiger partial charge >= 0.3 is 0 Å². The van der Waals surface area contributed by atoms with E-state index < -0.39 is 0 Å². The number of carbonyl (C=O) groups is 1.